The lowest BCUT2D eigenvalue weighted by molar-refractivity contribution is 0.0928. The number of nitrogens with one attached hydrogen (secondary N) is 1. The van der Waals surface area contributed by atoms with Crippen LogP contribution < -0.4 is 11.1 Å². The predicted molar refractivity (Wildman–Crippen MR) is 76.8 cm³/mol. The molecule has 1 aliphatic carbocycles. The summed E-state index contributed by atoms with van der Waals surface area (Å²) in [4.78, 5) is 20.4. The van der Waals surface area contributed by atoms with Crippen molar-refractivity contribution in [3.8, 4) is 5.82 Å². The van der Waals surface area contributed by atoms with E-state index in [2.05, 4.69) is 20.4 Å². The van der Waals surface area contributed by atoms with Crippen LogP contribution in [0.3, 0.4) is 0 Å². The molecule has 3 rings (SSSR count). The van der Waals surface area contributed by atoms with Crippen molar-refractivity contribution < 1.29 is 4.79 Å². The second kappa shape index (κ2) is 6.01. The van der Waals surface area contributed by atoms with Gasteiger partial charge in [-0.15, -0.1) is 0 Å². The molecule has 7 heteroatoms. The fourth-order valence-electron chi connectivity index (χ4n) is 2.77. The SMILES string of the molecule is NCC1CCCC1NC(=O)c1ccnc(-n2cncn2)c1. The van der Waals surface area contributed by atoms with Gasteiger partial charge >= 0.3 is 0 Å². The first kappa shape index (κ1) is 13.7. The van der Waals surface area contributed by atoms with Crippen LogP contribution in [0.5, 0.6) is 0 Å². The number of carbonyl (C=O) groups excluding carboxylic acids is 1. The molecule has 0 saturated heterocycles. The summed E-state index contributed by atoms with van der Waals surface area (Å²) in [6.45, 7) is 0.617. The first-order valence-electron chi connectivity index (χ1n) is 7.10. The second-order valence-corrected chi connectivity index (χ2v) is 5.25. The number of hydrogen-bond acceptors (Lipinski definition) is 5. The van der Waals surface area contributed by atoms with Crippen LogP contribution >= 0.6 is 0 Å². The van der Waals surface area contributed by atoms with Crippen molar-refractivity contribution in [1.82, 2.24) is 25.1 Å². The van der Waals surface area contributed by atoms with Crippen LogP contribution in [0.4, 0.5) is 0 Å². The fraction of sp³-hybridized carbons (Fsp3) is 0.429. The number of carbonyl (C=O) groups is 1. The number of rotatable bonds is 4. The molecule has 0 bridgehead atoms. The molecule has 110 valence electrons. The number of amides is 1. The van der Waals surface area contributed by atoms with E-state index in [1.807, 2.05) is 0 Å². The molecule has 0 aliphatic heterocycles. The molecule has 0 aromatic carbocycles. The van der Waals surface area contributed by atoms with Crippen molar-refractivity contribution in [2.24, 2.45) is 11.7 Å². The maximum atomic E-state index is 12.4. The zero-order chi connectivity index (χ0) is 14.7. The molecule has 21 heavy (non-hydrogen) atoms. The van der Waals surface area contributed by atoms with E-state index in [9.17, 15) is 4.79 Å². The van der Waals surface area contributed by atoms with Gasteiger partial charge in [0.1, 0.15) is 12.7 Å². The third-order valence-electron chi connectivity index (χ3n) is 3.94. The highest BCUT2D eigenvalue weighted by Crippen LogP contribution is 2.24. The van der Waals surface area contributed by atoms with E-state index in [-0.39, 0.29) is 11.9 Å². The Balaban J connectivity index is 1.74. The molecule has 2 atom stereocenters. The van der Waals surface area contributed by atoms with Gasteiger partial charge in [-0.05, 0) is 37.4 Å². The van der Waals surface area contributed by atoms with Crippen molar-refractivity contribution >= 4 is 5.91 Å². The monoisotopic (exact) mass is 286 g/mol. The van der Waals surface area contributed by atoms with Crippen LogP contribution in [0.2, 0.25) is 0 Å². The first-order valence-corrected chi connectivity index (χ1v) is 7.10. The van der Waals surface area contributed by atoms with Gasteiger partial charge in [0.05, 0.1) is 0 Å². The van der Waals surface area contributed by atoms with Crippen LogP contribution in [0, 0.1) is 5.92 Å². The fourth-order valence-corrected chi connectivity index (χ4v) is 2.77. The van der Waals surface area contributed by atoms with Crippen LogP contribution in [0.25, 0.3) is 5.82 Å². The van der Waals surface area contributed by atoms with Crippen molar-refractivity contribution in [3.05, 3.63) is 36.5 Å². The minimum atomic E-state index is -0.0934. The molecule has 7 nitrogen and oxygen atoms in total. The number of hydrogen-bond donors (Lipinski definition) is 2. The summed E-state index contributed by atoms with van der Waals surface area (Å²) in [5.74, 6) is 0.858. The highest BCUT2D eigenvalue weighted by Gasteiger charge is 2.27. The number of pyridine rings is 1. The van der Waals surface area contributed by atoms with Crippen LogP contribution in [-0.4, -0.2) is 38.2 Å². The van der Waals surface area contributed by atoms with Gasteiger partial charge in [-0.3, -0.25) is 4.79 Å². The molecule has 2 unspecified atom stereocenters. The van der Waals surface area contributed by atoms with E-state index in [0.29, 0.717) is 23.8 Å². The Morgan fingerprint density at radius 2 is 2.38 bits per heavy atom. The van der Waals surface area contributed by atoms with Crippen molar-refractivity contribution in [2.75, 3.05) is 6.54 Å². The van der Waals surface area contributed by atoms with E-state index in [0.717, 1.165) is 19.3 Å². The molecule has 1 aliphatic rings. The minimum absolute atomic E-state index is 0.0934. The van der Waals surface area contributed by atoms with Gasteiger partial charge in [0.25, 0.3) is 5.91 Å². The number of aromatic nitrogens is 4. The zero-order valence-electron chi connectivity index (χ0n) is 11.6. The van der Waals surface area contributed by atoms with E-state index in [1.54, 1.807) is 24.7 Å². The van der Waals surface area contributed by atoms with Gasteiger partial charge in [0.2, 0.25) is 0 Å². The van der Waals surface area contributed by atoms with Crippen molar-refractivity contribution in [1.29, 1.82) is 0 Å². The average Bonchev–Trinajstić information content (AvgIpc) is 3.18. The average molecular weight is 286 g/mol. The number of nitrogens with two attached hydrogens (primary N) is 1. The third-order valence-corrected chi connectivity index (χ3v) is 3.94. The Hall–Kier alpha value is -2.28. The van der Waals surface area contributed by atoms with Gasteiger partial charge in [-0.1, -0.05) is 6.42 Å². The molecule has 0 spiro atoms. The lowest BCUT2D eigenvalue weighted by Gasteiger charge is -2.19. The normalized spacial score (nSPS) is 21.4. The van der Waals surface area contributed by atoms with Crippen LogP contribution in [0.1, 0.15) is 29.6 Å². The maximum Gasteiger partial charge on any atom is 0.251 e. The molecule has 0 radical (unpaired) electrons. The highest BCUT2D eigenvalue weighted by molar-refractivity contribution is 5.94. The Morgan fingerprint density at radius 1 is 1.48 bits per heavy atom. The van der Waals surface area contributed by atoms with Crippen LogP contribution in [0.15, 0.2) is 31.0 Å². The number of nitrogens with zero attached hydrogens (tertiary/aromatic N) is 4. The van der Waals surface area contributed by atoms with Gasteiger partial charge in [-0.25, -0.2) is 14.6 Å². The summed E-state index contributed by atoms with van der Waals surface area (Å²) in [7, 11) is 0. The Bertz CT molecular complexity index is 612. The molecule has 2 aromatic rings. The summed E-state index contributed by atoms with van der Waals surface area (Å²) < 4.78 is 1.52. The van der Waals surface area contributed by atoms with E-state index < -0.39 is 0 Å². The second-order valence-electron chi connectivity index (χ2n) is 5.25. The molecular weight excluding hydrogens is 268 g/mol. The molecule has 3 N–H and O–H groups in total. The smallest absolute Gasteiger partial charge is 0.251 e. The van der Waals surface area contributed by atoms with Gasteiger partial charge in [-0.2, -0.15) is 5.10 Å². The van der Waals surface area contributed by atoms with Crippen molar-refractivity contribution in [2.45, 2.75) is 25.3 Å². The minimum Gasteiger partial charge on any atom is -0.349 e. The lowest BCUT2D eigenvalue weighted by atomic mass is 10.0. The molecule has 1 saturated carbocycles. The maximum absolute atomic E-state index is 12.4. The van der Waals surface area contributed by atoms with E-state index in [4.69, 9.17) is 5.73 Å². The standard InChI is InChI=1S/C14H18N6O/c15-7-11-2-1-3-12(11)19-14(21)10-4-5-17-13(6-10)20-9-16-8-18-20/h4-6,8-9,11-12H,1-3,7,15H2,(H,19,21). The molecule has 1 amide bonds. The molecule has 2 aromatic heterocycles. The Labute approximate surface area is 122 Å². The summed E-state index contributed by atoms with van der Waals surface area (Å²) in [6.07, 6.45) is 7.77. The summed E-state index contributed by atoms with van der Waals surface area (Å²) in [6, 6.07) is 3.57. The molecule has 2 heterocycles. The van der Waals surface area contributed by atoms with E-state index in [1.165, 1.54) is 11.0 Å². The van der Waals surface area contributed by atoms with Gasteiger partial charge in [0.15, 0.2) is 5.82 Å². The lowest BCUT2D eigenvalue weighted by Crippen LogP contribution is -2.39. The first-order chi connectivity index (χ1) is 10.3. The molecule has 1 fully saturated rings. The van der Waals surface area contributed by atoms with Crippen LogP contribution in [-0.2, 0) is 0 Å². The largest absolute Gasteiger partial charge is 0.349 e. The van der Waals surface area contributed by atoms with Crippen molar-refractivity contribution in [3.63, 3.8) is 0 Å². The topological polar surface area (TPSA) is 98.7 Å². The predicted octanol–water partition coefficient (Wildman–Crippen LogP) is 0.519. The highest BCUT2D eigenvalue weighted by atomic mass is 16.1. The summed E-state index contributed by atoms with van der Waals surface area (Å²) in [5, 5.41) is 7.09. The third kappa shape index (κ3) is 2.92. The van der Waals surface area contributed by atoms with Gasteiger partial charge in [0, 0.05) is 17.8 Å². The Kier molecular flexibility index (Phi) is 3.92. The zero-order valence-corrected chi connectivity index (χ0v) is 11.6. The summed E-state index contributed by atoms with van der Waals surface area (Å²) in [5.41, 5.74) is 6.31. The summed E-state index contributed by atoms with van der Waals surface area (Å²) >= 11 is 0. The molecular formula is C14H18N6O. The quantitative estimate of drug-likeness (QED) is 0.853. The van der Waals surface area contributed by atoms with E-state index >= 15 is 0 Å². The van der Waals surface area contributed by atoms with Gasteiger partial charge < -0.3 is 11.1 Å². The Morgan fingerprint density at radius 3 is 3.14 bits per heavy atom.